The first-order chi connectivity index (χ1) is 8.99. The van der Waals surface area contributed by atoms with Gasteiger partial charge in [-0.25, -0.2) is 0 Å². The fraction of sp³-hybridized carbons (Fsp3) is 0.533. The number of hydrogen-bond acceptors (Lipinski definition) is 3. The normalized spacial score (nSPS) is 12.1. The molecule has 0 fully saturated rings. The number of nitrogens with one attached hydrogen (secondary N) is 1. The summed E-state index contributed by atoms with van der Waals surface area (Å²) >= 11 is 0. The van der Waals surface area contributed by atoms with Gasteiger partial charge in [-0.15, -0.1) is 0 Å². The Balaban J connectivity index is 2.82. The summed E-state index contributed by atoms with van der Waals surface area (Å²) in [7, 11) is 0. The molecular weight excluding hydrogens is 242 g/mol. The van der Waals surface area contributed by atoms with Crippen molar-refractivity contribution < 1.29 is 14.6 Å². The summed E-state index contributed by atoms with van der Waals surface area (Å²) in [5.74, 6) is 0.785. The number of carbonyl (C=O) groups is 1. The Kier molecular flexibility index (Phi) is 5.83. The minimum Gasteiger partial charge on any atom is -0.494 e. The Labute approximate surface area is 114 Å². The third kappa shape index (κ3) is 4.24. The fourth-order valence-corrected chi connectivity index (χ4v) is 1.93. The van der Waals surface area contributed by atoms with E-state index in [1.165, 1.54) is 0 Å². The number of rotatable bonds is 6. The average molecular weight is 265 g/mol. The molecule has 106 valence electrons. The highest BCUT2D eigenvalue weighted by Gasteiger charge is 2.14. The molecule has 0 aliphatic carbocycles. The summed E-state index contributed by atoms with van der Waals surface area (Å²) in [5, 5.41) is 12.8. The molecule has 1 atom stereocenters. The minimum absolute atomic E-state index is 0.0561. The number of aliphatic hydroxyl groups is 1. The van der Waals surface area contributed by atoms with Crippen LogP contribution in [0.1, 0.15) is 43.1 Å². The van der Waals surface area contributed by atoms with E-state index in [-0.39, 0.29) is 12.5 Å². The van der Waals surface area contributed by atoms with Crippen molar-refractivity contribution in [3.63, 3.8) is 0 Å². The lowest BCUT2D eigenvalue weighted by atomic mass is 10.00. The van der Waals surface area contributed by atoms with Gasteiger partial charge in [0.2, 0.25) is 5.91 Å². The smallest absolute Gasteiger partial charge is 0.219 e. The zero-order valence-electron chi connectivity index (χ0n) is 12.1. The molecule has 0 heterocycles. The van der Waals surface area contributed by atoms with Crippen molar-refractivity contribution in [1.29, 1.82) is 0 Å². The van der Waals surface area contributed by atoms with Crippen molar-refractivity contribution in [2.75, 3.05) is 13.2 Å². The molecule has 4 heteroatoms. The Bertz CT molecular complexity index is 443. The third-order valence-corrected chi connectivity index (χ3v) is 3.04. The molecule has 2 N–H and O–H groups in total. The van der Waals surface area contributed by atoms with Gasteiger partial charge in [0.15, 0.2) is 0 Å². The Morgan fingerprint density at radius 1 is 1.32 bits per heavy atom. The molecule has 0 saturated heterocycles. The van der Waals surface area contributed by atoms with Gasteiger partial charge in [0.25, 0.3) is 0 Å². The van der Waals surface area contributed by atoms with Gasteiger partial charge in [-0.2, -0.15) is 0 Å². The summed E-state index contributed by atoms with van der Waals surface area (Å²) in [4.78, 5) is 11.2. The number of aryl methyl sites for hydroxylation is 2. The fourth-order valence-electron chi connectivity index (χ4n) is 1.93. The van der Waals surface area contributed by atoms with Crippen LogP contribution in [0.25, 0.3) is 0 Å². The Hall–Kier alpha value is -1.55. The van der Waals surface area contributed by atoms with Gasteiger partial charge in [-0.05, 0) is 49.6 Å². The maximum absolute atomic E-state index is 11.2. The predicted octanol–water partition coefficient (Wildman–Crippen LogP) is 2.26. The van der Waals surface area contributed by atoms with Gasteiger partial charge >= 0.3 is 0 Å². The van der Waals surface area contributed by atoms with Crippen LogP contribution in [0, 0.1) is 13.8 Å². The monoisotopic (exact) mass is 265 g/mol. The molecule has 0 aromatic heterocycles. The first-order valence-corrected chi connectivity index (χ1v) is 6.68. The first kappa shape index (κ1) is 15.5. The van der Waals surface area contributed by atoms with Crippen LogP contribution in [0.2, 0.25) is 0 Å². The van der Waals surface area contributed by atoms with Crippen molar-refractivity contribution >= 4 is 5.91 Å². The van der Waals surface area contributed by atoms with E-state index in [0.717, 1.165) is 22.4 Å². The number of hydrogen-bond donors (Lipinski definition) is 2. The van der Waals surface area contributed by atoms with Crippen LogP contribution in [-0.2, 0) is 4.79 Å². The van der Waals surface area contributed by atoms with Crippen LogP contribution in [0.4, 0.5) is 0 Å². The van der Waals surface area contributed by atoms with E-state index >= 15 is 0 Å². The highest BCUT2D eigenvalue weighted by Crippen LogP contribution is 2.26. The van der Waals surface area contributed by atoms with E-state index in [9.17, 15) is 9.90 Å². The van der Waals surface area contributed by atoms with Gasteiger partial charge in [-0.1, -0.05) is 6.92 Å². The quantitative estimate of drug-likeness (QED) is 0.829. The van der Waals surface area contributed by atoms with Crippen molar-refractivity contribution in [1.82, 2.24) is 5.32 Å². The van der Waals surface area contributed by atoms with Gasteiger partial charge in [0, 0.05) is 13.0 Å². The molecule has 0 aliphatic heterocycles. The summed E-state index contributed by atoms with van der Waals surface area (Å²) in [6.45, 7) is 8.47. The highest BCUT2D eigenvalue weighted by atomic mass is 16.5. The number of amides is 1. The minimum atomic E-state index is -0.690. The Morgan fingerprint density at radius 3 is 2.58 bits per heavy atom. The average Bonchev–Trinajstić information content (AvgIpc) is 2.39. The number of carbonyl (C=O) groups excluding carboxylic acids is 1. The van der Waals surface area contributed by atoms with Crippen LogP contribution in [0.3, 0.4) is 0 Å². The number of ether oxygens (including phenoxy) is 1. The zero-order valence-corrected chi connectivity index (χ0v) is 12.1. The molecule has 19 heavy (non-hydrogen) atoms. The van der Waals surface area contributed by atoms with E-state index < -0.39 is 6.10 Å². The van der Waals surface area contributed by atoms with Gasteiger partial charge < -0.3 is 15.2 Å². The van der Waals surface area contributed by atoms with Crippen molar-refractivity contribution in [2.24, 2.45) is 0 Å². The number of benzene rings is 1. The maximum atomic E-state index is 11.2. The molecule has 0 aliphatic rings. The van der Waals surface area contributed by atoms with E-state index in [1.807, 2.05) is 32.9 Å². The third-order valence-electron chi connectivity index (χ3n) is 3.04. The summed E-state index contributed by atoms with van der Waals surface area (Å²) < 4.78 is 5.52. The highest BCUT2D eigenvalue weighted by molar-refractivity contribution is 5.75. The molecule has 0 bridgehead atoms. The molecule has 1 rings (SSSR count). The molecule has 1 unspecified atom stereocenters. The van der Waals surface area contributed by atoms with E-state index in [0.29, 0.717) is 13.0 Å². The van der Waals surface area contributed by atoms with Gasteiger partial charge in [0.1, 0.15) is 5.75 Å². The summed E-state index contributed by atoms with van der Waals surface area (Å²) in [5.41, 5.74) is 2.79. The topological polar surface area (TPSA) is 58.6 Å². The predicted molar refractivity (Wildman–Crippen MR) is 75.3 cm³/mol. The molecule has 0 saturated carbocycles. The lowest BCUT2D eigenvalue weighted by Gasteiger charge is -2.17. The van der Waals surface area contributed by atoms with Crippen LogP contribution < -0.4 is 10.1 Å². The first-order valence-electron chi connectivity index (χ1n) is 6.68. The van der Waals surface area contributed by atoms with E-state index in [1.54, 1.807) is 6.92 Å². The zero-order chi connectivity index (χ0) is 14.4. The molecule has 1 aromatic rings. The second kappa shape index (κ2) is 7.14. The maximum Gasteiger partial charge on any atom is 0.219 e. The molecule has 0 radical (unpaired) electrons. The molecule has 0 spiro atoms. The van der Waals surface area contributed by atoms with Gasteiger partial charge in [0.05, 0.1) is 12.7 Å². The van der Waals surface area contributed by atoms with Crippen LogP contribution in [-0.4, -0.2) is 24.2 Å². The van der Waals surface area contributed by atoms with Crippen molar-refractivity contribution in [3.05, 3.63) is 28.8 Å². The van der Waals surface area contributed by atoms with E-state index in [4.69, 9.17) is 4.74 Å². The molecular formula is C15H23NO3. The van der Waals surface area contributed by atoms with Crippen LogP contribution in [0.15, 0.2) is 12.1 Å². The van der Waals surface area contributed by atoms with Crippen molar-refractivity contribution in [3.8, 4) is 5.75 Å². The SMILES string of the molecule is CCOc1cc(C)c(C(O)CNC(=O)CC)cc1C. The second-order valence-corrected chi connectivity index (χ2v) is 4.58. The summed E-state index contributed by atoms with van der Waals surface area (Å²) in [6, 6.07) is 3.85. The summed E-state index contributed by atoms with van der Waals surface area (Å²) in [6.07, 6.45) is -0.265. The van der Waals surface area contributed by atoms with E-state index in [2.05, 4.69) is 5.32 Å². The van der Waals surface area contributed by atoms with Crippen LogP contribution in [0.5, 0.6) is 5.75 Å². The largest absolute Gasteiger partial charge is 0.494 e. The second-order valence-electron chi connectivity index (χ2n) is 4.58. The van der Waals surface area contributed by atoms with Crippen molar-refractivity contribution in [2.45, 2.75) is 40.2 Å². The lowest BCUT2D eigenvalue weighted by molar-refractivity contribution is -0.121. The van der Waals surface area contributed by atoms with Gasteiger partial charge in [-0.3, -0.25) is 4.79 Å². The molecule has 1 aromatic carbocycles. The lowest BCUT2D eigenvalue weighted by Crippen LogP contribution is -2.27. The van der Waals surface area contributed by atoms with Crippen LogP contribution >= 0.6 is 0 Å². The molecule has 1 amide bonds. The number of aliphatic hydroxyl groups excluding tert-OH is 1. The standard InChI is InChI=1S/C15H23NO3/c1-5-15(18)16-9-13(17)12-7-11(4)14(19-6-2)8-10(12)3/h7-8,13,17H,5-6,9H2,1-4H3,(H,16,18). The molecule has 4 nitrogen and oxygen atoms in total. The Morgan fingerprint density at radius 2 is 2.00 bits per heavy atom.